The zero-order valence-electron chi connectivity index (χ0n) is 66.2. The molecule has 105 heavy (non-hydrogen) atoms. The van der Waals surface area contributed by atoms with E-state index in [4.69, 9.17) is 37.0 Å². The van der Waals surface area contributed by atoms with Crippen LogP contribution in [0.1, 0.15) is 189 Å². The number of aldehydes is 1. The van der Waals surface area contributed by atoms with Gasteiger partial charge in [-0.1, -0.05) is 153 Å². The number of halogens is 4. The Balaban J connectivity index is -0.000000275. The van der Waals surface area contributed by atoms with E-state index < -0.39 is 73.3 Å². The summed E-state index contributed by atoms with van der Waals surface area (Å²) in [6, 6.07) is 54.2. The Kier molecular flexibility index (Phi) is 61.2. The maximum Gasteiger partial charge on any atom is 2.00 e. The summed E-state index contributed by atoms with van der Waals surface area (Å²) in [5.41, 5.74) is 17.3. The second-order valence-electron chi connectivity index (χ2n) is 28.7. The van der Waals surface area contributed by atoms with Crippen LogP contribution in [0.2, 0.25) is 19.6 Å². The Bertz CT molecular complexity index is 3390. The van der Waals surface area contributed by atoms with E-state index in [-0.39, 0.29) is 125 Å². The van der Waals surface area contributed by atoms with Crippen molar-refractivity contribution in [3.63, 3.8) is 0 Å². The number of rotatable bonds is 13. The molecule has 12 N–H and O–H groups in total. The molecule has 0 unspecified atom stereocenters. The van der Waals surface area contributed by atoms with Crippen molar-refractivity contribution in [1.29, 1.82) is 0 Å². The fourth-order valence-electron chi connectivity index (χ4n) is 6.36. The largest absolute Gasteiger partial charge is 2.00 e. The first-order valence-corrected chi connectivity index (χ1v) is 41.2. The van der Waals surface area contributed by atoms with Crippen LogP contribution >= 0.6 is 0 Å². The maximum atomic E-state index is 13.4. The fraction of sp³-hybridized carbons (Fsp3) is 0.436. The molecule has 7 aromatic carbocycles. The van der Waals surface area contributed by atoms with Gasteiger partial charge in [0.2, 0.25) is 0 Å². The molecule has 27 heteroatoms. The van der Waals surface area contributed by atoms with Gasteiger partial charge < -0.3 is 53.4 Å². The van der Waals surface area contributed by atoms with Crippen LogP contribution in [0.25, 0.3) is 0 Å². The molecule has 0 saturated carbocycles. The van der Waals surface area contributed by atoms with Crippen LogP contribution in [-0.2, 0) is 65.7 Å². The monoisotopic (exact) mass is 1660 g/mol. The zero-order valence-corrected chi connectivity index (χ0v) is 75.0. The third kappa shape index (κ3) is 56.5. The molecule has 0 fully saturated rings. The van der Waals surface area contributed by atoms with Gasteiger partial charge in [0.1, 0.15) is 37.1 Å². The Hall–Kier alpha value is -4.43. The van der Waals surface area contributed by atoms with Crippen molar-refractivity contribution < 1.29 is 93.9 Å². The van der Waals surface area contributed by atoms with E-state index in [1.54, 1.807) is 110 Å². The van der Waals surface area contributed by atoms with E-state index in [0.717, 1.165) is 39.7 Å². The molecule has 6 atom stereocenters. The molecule has 0 aliphatic rings. The minimum absolute atomic E-state index is 0. The third-order valence-corrected chi connectivity index (χ3v) is 19.8. The first kappa shape index (κ1) is 111. The molecule has 0 aromatic heterocycles. The van der Waals surface area contributed by atoms with Crippen molar-refractivity contribution in [2.75, 3.05) is 23.1 Å². The van der Waals surface area contributed by atoms with E-state index in [1.165, 1.54) is 18.2 Å². The number of aliphatic hydroxyl groups excluding tert-OH is 4. The number of aliphatic hydroxyl groups is 4. The number of nitrogen functional groups attached to an aromatic ring is 2. The minimum Gasteiger partial charge on any atom is -1.00 e. The van der Waals surface area contributed by atoms with E-state index >= 15 is 0 Å². The van der Waals surface area contributed by atoms with Gasteiger partial charge in [0.05, 0.1) is 75.4 Å². The number of nitrogens with two attached hydrogens (primary N) is 3. The van der Waals surface area contributed by atoms with Crippen LogP contribution in [0, 0.1) is 23.5 Å². The van der Waals surface area contributed by atoms with Gasteiger partial charge in [-0.15, -0.1) is 6.07 Å². The van der Waals surface area contributed by atoms with Gasteiger partial charge in [-0.3, -0.25) is 9.93 Å². The summed E-state index contributed by atoms with van der Waals surface area (Å²) in [5, 5.41) is 37.3. The van der Waals surface area contributed by atoms with Crippen molar-refractivity contribution in [3.05, 3.63) is 233 Å². The number of hydrogen-bond acceptors (Lipinski definition) is 12. The summed E-state index contributed by atoms with van der Waals surface area (Å²) in [6.07, 6.45) is 1.82. The van der Waals surface area contributed by atoms with Gasteiger partial charge in [0.15, 0.2) is 0 Å². The number of nitrogens with one attached hydrogen (secondary N) is 2. The molecule has 0 heterocycles. The number of carbonyl (C=O) groups is 1. The van der Waals surface area contributed by atoms with Crippen LogP contribution < -0.4 is 47.6 Å². The summed E-state index contributed by atoms with van der Waals surface area (Å²) in [5.74, 6) is -1.07. The first-order chi connectivity index (χ1) is 46.8. The van der Waals surface area contributed by atoms with Crippen LogP contribution in [0.5, 0.6) is 0 Å². The smallest absolute Gasteiger partial charge is 1.00 e. The Morgan fingerprint density at radius 2 is 0.790 bits per heavy atom. The average Bonchev–Trinajstić information content (AvgIpc) is 0.839. The first-order valence-electron chi connectivity index (χ1n) is 33.2. The molecular formula is C78H121BrF3MgN7O9S4SiTi. The summed E-state index contributed by atoms with van der Waals surface area (Å²) in [6.45, 7) is 43.0. The normalized spacial score (nSPS) is 12.6. The average molecular weight is 1670 g/mol. The molecule has 0 bridgehead atoms. The van der Waals surface area contributed by atoms with Crippen molar-refractivity contribution in [2.24, 2.45) is 9.54 Å². The zero-order chi connectivity index (χ0) is 79.5. The molecule has 0 saturated heterocycles. The molecule has 0 aliphatic heterocycles. The molecule has 7 aromatic rings. The molecule has 7 rings (SSSR count). The van der Waals surface area contributed by atoms with Gasteiger partial charge in [-0.25, -0.2) is 39.5 Å². The molecule has 16 nitrogen and oxygen atoms in total. The summed E-state index contributed by atoms with van der Waals surface area (Å²) >= 11 is 0. The Labute approximate surface area is 681 Å². The molecule has 0 aliphatic carbocycles. The number of hydrogen-bond donors (Lipinski definition) is 9. The summed E-state index contributed by atoms with van der Waals surface area (Å²) in [7, 11) is -4.40. The van der Waals surface area contributed by atoms with Crippen molar-refractivity contribution in [1.82, 2.24) is 9.44 Å². The predicted octanol–water partition coefficient (Wildman–Crippen LogP) is 12.6. The van der Waals surface area contributed by atoms with E-state index in [1.807, 2.05) is 204 Å². The third-order valence-electron chi connectivity index (χ3n) is 11.9. The van der Waals surface area contributed by atoms with Gasteiger partial charge in [0, 0.05) is 63.7 Å². The quantitative estimate of drug-likeness (QED) is 0.0171. The predicted molar refractivity (Wildman–Crippen MR) is 438 cm³/mol. The second kappa shape index (κ2) is 57.6. The number of benzene rings is 7. The maximum absolute atomic E-state index is 13.4. The number of anilines is 3. The molecule has 0 spiro atoms. The molecule has 584 valence electrons. The summed E-state index contributed by atoms with van der Waals surface area (Å²) in [4.78, 5) is 10.0. The van der Waals surface area contributed by atoms with Crippen molar-refractivity contribution in [2.45, 2.75) is 214 Å². The Morgan fingerprint density at radius 1 is 0.495 bits per heavy atom. The topological polar surface area (TPSA) is 284 Å². The van der Waals surface area contributed by atoms with Gasteiger partial charge in [0.25, 0.3) is 0 Å². The van der Waals surface area contributed by atoms with Crippen molar-refractivity contribution >= 4 is 105 Å². The standard InChI is InChI=1S/2C17H21FN2OS.C11H15NOS.C10H15FNSi.C7H6O.C4H11NOS.4C3H8O.BrH.Mg.Ti/c2*1-17(2,3)22(21)20-16(12-7-5-4-6-8-12)13-9-10-14(18)15(19)11-13;1-11(2,3)14(13)12-9-10-7-5-4-6-8-10;1-12(13(2,3)4)10-8-6-5-7-9(10)11;8-6-7-4-2-1-3-5-7;1-4(2,3)7(5)6;4*1-3(2)4;;;/h2*4-11,16,20H,19H2,1-3H3;4-9H,1-3H3;5,7-8H,1-4H3;1-6H;5H2,1-3H3;4*3-4H,1-2H3;1H;;/q;;;-1;;;;;;;;+2;/p-1/t16-,22+;16-,22-;14-;;;7-;;;;;;;/m011..1......./s1. The fourth-order valence-corrected chi connectivity index (χ4v) is 9.47. The van der Waals surface area contributed by atoms with Crippen LogP contribution in [0.15, 0.2) is 180 Å². The van der Waals surface area contributed by atoms with Gasteiger partial charge in [-0.05, 0) is 203 Å². The minimum atomic E-state index is -1.46. The second-order valence-corrected chi connectivity index (χ2v) is 41.4. The molecule has 0 amide bonds. The van der Waals surface area contributed by atoms with E-state index in [9.17, 15) is 34.8 Å². The summed E-state index contributed by atoms with van der Waals surface area (Å²) < 4.78 is 98.0. The van der Waals surface area contributed by atoms with E-state index in [0.29, 0.717) is 5.69 Å². The molecule has 0 radical (unpaired) electrons. The Morgan fingerprint density at radius 3 is 1.03 bits per heavy atom. The van der Waals surface area contributed by atoms with Crippen LogP contribution in [-0.4, -0.2) is 132 Å². The molecular weight excluding hydrogens is 1540 g/mol. The van der Waals surface area contributed by atoms with E-state index in [2.05, 4.69) is 39.5 Å². The number of carbonyl (C=O) groups excluding carboxylic acids is 1. The van der Waals surface area contributed by atoms with Crippen molar-refractivity contribution in [3.8, 4) is 0 Å². The van der Waals surface area contributed by atoms with Gasteiger partial charge in [-0.2, -0.15) is 22.6 Å². The van der Waals surface area contributed by atoms with Crippen LogP contribution in [0.3, 0.4) is 0 Å². The number of nitrogens with zero attached hydrogens (tertiary/aromatic N) is 2. The van der Waals surface area contributed by atoms with Gasteiger partial charge >= 0.3 is 23.1 Å². The van der Waals surface area contributed by atoms with Crippen LogP contribution in [0.4, 0.5) is 30.2 Å². The SMILES string of the molecule is CC(C)(C)[S@@](=O)N=Cc1ccccc1.CC(C)(C)[S@@](=O)N[C@@H](c1ccccc1)c1ccc(F)c(N)c1.CC(C)(C)[S@@](=O)N[C@H](c1ccccc1)c1ccc(F)c(N)c1.CC(C)(C)[S@](N)=O.CC(C)O.CC(C)O.CC(C)O.CC(C)O.CN(c1c[c-]ccc1F)[Si](C)(C)C.O=Cc1ccccc1.[Br-].[Mg+2].[Ti].